The average molecular weight is 229 g/mol. The maximum atomic E-state index is 10.7. The van der Waals surface area contributed by atoms with Gasteiger partial charge in [0.2, 0.25) is 11.1 Å². The number of carbonyl (C=O) groups is 1. The molecule has 78 valence electrons. The zero-order valence-corrected chi connectivity index (χ0v) is 9.01. The summed E-state index contributed by atoms with van der Waals surface area (Å²) in [5.41, 5.74) is 0. The summed E-state index contributed by atoms with van der Waals surface area (Å²) in [4.78, 5) is 9.52. The van der Waals surface area contributed by atoms with Crippen molar-refractivity contribution in [3.63, 3.8) is 0 Å². The van der Waals surface area contributed by atoms with Crippen molar-refractivity contribution in [1.82, 2.24) is 0 Å². The highest BCUT2D eigenvalue weighted by molar-refractivity contribution is 6.52. The van der Waals surface area contributed by atoms with E-state index in [1.165, 1.54) is 0 Å². The van der Waals surface area contributed by atoms with Crippen molar-refractivity contribution in [3.05, 3.63) is 0 Å². The molecular weight excluding hydrogens is 215 g/mol. The minimum absolute atomic E-state index is 0.431. The van der Waals surface area contributed by atoms with Crippen LogP contribution >= 0.6 is 23.2 Å². The number of aliphatic hydroxyl groups is 1. The Hall–Kier alpha value is 0.01000. The molecule has 0 saturated heterocycles. The number of esters is 1. The first-order valence-corrected chi connectivity index (χ1v) is 5.12. The lowest BCUT2D eigenvalue weighted by Gasteiger charge is -2.11. The molecule has 0 bridgehead atoms. The first kappa shape index (κ1) is 13.0. The predicted octanol–water partition coefficient (Wildman–Crippen LogP) is 2.23. The maximum absolute atomic E-state index is 10.7. The van der Waals surface area contributed by atoms with E-state index in [9.17, 15) is 4.79 Å². The van der Waals surface area contributed by atoms with Crippen molar-refractivity contribution in [2.45, 2.75) is 43.7 Å². The number of rotatable bonds is 6. The van der Waals surface area contributed by atoms with Gasteiger partial charge in [0.1, 0.15) is 0 Å². The molecule has 0 aromatic rings. The summed E-state index contributed by atoms with van der Waals surface area (Å²) < 4.78 is 4.51. The third-order valence-electron chi connectivity index (χ3n) is 1.48. The Kier molecular flexibility index (Phi) is 7.42. The van der Waals surface area contributed by atoms with E-state index in [0.717, 1.165) is 19.3 Å². The van der Waals surface area contributed by atoms with E-state index < -0.39 is 17.1 Å². The van der Waals surface area contributed by atoms with Gasteiger partial charge in [-0.05, 0) is 6.42 Å². The molecule has 0 aliphatic rings. The van der Waals surface area contributed by atoms with Gasteiger partial charge in [0, 0.05) is 6.42 Å². The summed E-state index contributed by atoms with van der Waals surface area (Å²) in [7, 11) is 0. The molecule has 0 aliphatic heterocycles. The van der Waals surface area contributed by atoms with Crippen LogP contribution in [0.4, 0.5) is 0 Å². The fourth-order valence-electron chi connectivity index (χ4n) is 0.813. The molecule has 0 saturated carbocycles. The first-order valence-electron chi connectivity index (χ1n) is 4.24. The van der Waals surface area contributed by atoms with Crippen LogP contribution in [0.1, 0.15) is 32.6 Å². The lowest BCUT2D eigenvalue weighted by Crippen LogP contribution is -2.21. The van der Waals surface area contributed by atoms with Crippen LogP contribution in [0, 0.1) is 0 Å². The molecule has 0 radical (unpaired) electrons. The van der Waals surface area contributed by atoms with Gasteiger partial charge in [-0.2, -0.15) is 0 Å². The van der Waals surface area contributed by atoms with Crippen molar-refractivity contribution in [2.75, 3.05) is 0 Å². The van der Waals surface area contributed by atoms with Gasteiger partial charge in [-0.1, -0.05) is 43.0 Å². The highest BCUT2D eigenvalue weighted by Crippen LogP contribution is 2.09. The van der Waals surface area contributed by atoms with Gasteiger partial charge in [-0.15, -0.1) is 0 Å². The van der Waals surface area contributed by atoms with Crippen LogP contribution in [0.15, 0.2) is 0 Å². The molecule has 1 atom stereocenters. The predicted molar refractivity (Wildman–Crippen MR) is 51.7 cm³/mol. The summed E-state index contributed by atoms with van der Waals surface area (Å²) in [5.74, 6) is -0.799. The lowest BCUT2D eigenvalue weighted by molar-refractivity contribution is -0.166. The maximum Gasteiger partial charge on any atom is 0.341 e. The molecule has 0 rings (SSSR count). The number of hydrogen-bond acceptors (Lipinski definition) is 3. The van der Waals surface area contributed by atoms with Crippen LogP contribution in [0.3, 0.4) is 0 Å². The van der Waals surface area contributed by atoms with Gasteiger partial charge in [0.15, 0.2) is 0 Å². The Balaban J connectivity index is 3.50. The van der Waals surface area contributed by atoms with Gasteiger partial charge in [-0.25, -0.2) is 4.79 Å². The zero-order valence-electron chi connectivity index (χ0n) is 7.50. The second kappa shape index (κ2) is 7.42. The van der Waals surface area contributed by atoms with Crippen LogP contribution in [-0.2, 0) is 9.53 Å². The molecule has 5 heteroatoms. The molecule has 0 aliphatic carbocycles. The Bertz CT molecular complexity index is 150. The number of carbonyl (C=O) groups excluding carboxylic acids is 1. The number of unbranched alkanes of at least 4 members (excludes halogenated alkanes) is 2. The first-order chi connectivity index (χ1) is 6.07. The summed E-state index contributed by atoms with van der Waals surface area (Å²) in [6.45, 7) is 2.05. The molecule has 0 heterocycles. The summed E-state index contributed by atoms with van der Waals surface area (Å²) in [5, 5.41) is 9.13. The number of ether oxygens (including phenoxy) is 1. The van der Waals surface area contributed by atoms with Gasteiger partial charge in [0.25, 0.3) is 0 Å². The van der Waals surface area contributed by atoms with Crippen molar-refractivity contribution in [3.8, 4) is 0 Å². The highest BCUT2D eigenvalue weighted by atomic mass is 35.5. The third kappa shape index (κ3) is 7.11. The van der Waals surface area contributed by atoms with E-state index in [2.05, 4.69) is 4.74 Å². The van der Waals surface area contributed by atoms with Crippen molar-refractivity contribution < 1.29 is 14.6 Å². The molecule has 0 fully saturated rings. The van der Waals surface area contributed by atoms with Crippen molar-refractivity contribution >= 4 is 29.2 Å². The fourth-order valence-corrected chi connectivity index (χ4v) is 0.916. The second-order valence-corrected chi connectivity index (χ2v) is 3.78. The zero-order chi connectivity index (χ0) is 10.3. The fraction of sp³-hybridized carbons (Fsp3) is 0.875. The summed E-state index contributed by atoms with van der Waals surface area (Å²) in [6, 6.07) is 0. The van der Waals surface area contributed by atoms with Crippen LogP contribution < -0.4 is 0 Å². The molecular formula is C8H14Cl2O3. The van der Waals surface area contributed by atoms with E-state index in [0.29, 0.717) is 6.42 Å². The van der Waals surface area contributed by atoms with E-state index in [4.69, 9.17) is 28.3 Å². The number of alkyl halides is 2. The van der Waals surface area contributed by atoms with Crippen molar-refractivity contribution in [1.29, 1.82) is 0 Å². The quantitative estimate of drug-likeness (QED) is 0.329. The van der Waals surface area contributed by atoms with E-state index in [1.54, 1.807) is 0 Å². The minimum atomic E-state index is -1.22. The summed E-state index contributed by atoms with van der Waals surface area (Å²) >= 11 is 10.4. The molecule has 0 aromatic carbocycles. The Morgan fingerprint density at radius 3 is 2.54 bits per heavy atom. The number of halogens is 2. The molecule has 1 unspecified atom stereocenters. The lowest BCUT2D eigenvalue weighted by atomic mass is 10.2. The van der Waals surface area contributed by atoms with E-state index in [-0.39, 0.29) is 0 Å². The average Bonchev–Trinajstić information content (AvgIpc) is 2.04. The molecule has 0 aromatic heterocycles. The molecule has 0 spiro atoms. The highest BCUT2D eigenvalue weighted by Gasteiger charge is 2.16. The van der Waals surface area contributed by atoms with E-state index >= 15 is 0 Å². The number of aliphatic hydroxyl groups excluding tert-OH is 1. The van der Waals surface area contributed by atoms with Crippen molar-refractivity contribution in [2.24, 2.45) is 0 Å². The van der Waals surface area contributed by atoms with Crippen LogP contribution in [-0.4, -0.2) is 22.2 Å². The topological polar surface area (TPSA) is 46.5 Å². The largest absolute Gasteiger partial charge is 0.434 e. The Morgan fingerprint density at radius 1 is 1.46 bits per heavy atom. The van der Waals surface area contributed by atoms with Gasteiger partial charge in [-0.3, -0.25) is 0 Å². The van der Waals surface area contributed by atoms with Crippen LogP contribution in [0.2, 0.25) is 0 Å². The molecule has 1 N–H and O–H groups in total. The SMILES string of the molecule is CCCCCC(O)OC(=O)C(Cl)Cl. The third-order valence-corrected chi connectivity index (χ3v) is 1.84. The smallest absolute Gasteiger partial charge is 0.341 e. The standard InChI is InChI=1S/C8H14Cl2O3/c1-2-3-4-5-6(11)13-8(12)7(9)10/h6-7,11H,2-5H2,1H3. The van der Waals surface area contributed by atoms with Gasteiger partial charge in [0.05, 0.1) is 0 Å². The van der Waals surface area contributed by atoms with Gasteiger partial charge >= 0.3 is 5.97 Å². The Morgan fingerprint density at radius 2 is 2.08 bits per heavy atom. The Labute approximate surface area is 88.0 Å². The summed E-state index contributed by atoms with van der Waals surface area (Å²) in [6.07, 6.45) is 2.22. The normalized spacial score (nSPS) is 13.0. The number of hydrogen-bond donors (Lipinski definition) is 1. The monoisotopic (exact) mass is 228 g/mol. The minimum Gasteiger partial charge on any atom is -0.434 e. The van der Waals surface area contributed by atoms with E-state index in [1.807, 2.05) is 6.92 Å². The van der Waals surface area contributed by atoms with Gasteiger partial charge < -0.3 is 9.84 Å². The van der Waals surface area contributed by atoms with Crippen LogP contribution in [0.25, 0.3) is 0 Å². The molecule has 3 nitrogen and oxygen atoms in total. The molecule has 0 amide bonds. The van der Waals surface area contributed by atoms with Crippen LogP contribution in [0.5, 0.6) is 0 Å². The molecule has 13 heavy (non-hydrogen) atoms. The second-order valence-electron chi connectivity index (χ2n) is 2.69.